The maximum Gasteiger partial charge on any atom is 0.230 e. The molecule has 2 atom stereocenters. The van der Waals surface area contributed by atoms with Gasteiger partial charge >= 0.3 is 0 Å². The third-order valence-corrected chi connectivity index (χ3v) is 9.09. The van der Waals surface area contributed by atoms with E-state index in [0.717, 1.165) is 37.9 Å². The second kappa shape index (κ2) is 10.4. The van der Waals surface area contributed by atoms with Crippen molar-refractivity contribution in [2.75, 3.05) is 23.9 Å². The topological polar surface area (TPSA) is 151 Å². The number of carbonyl (C=O) groups excluding carboxylic acids is 1. The first-order valence-corrected chi connectivity index (χ1v) is 14.8. The molecule has 4 aromatic heterocycles. The number of fused-ring (bicyclic) bond motifs is 1. The average molecular weight is 595 g/mol. The van der Waals surface area contributed by atoms with Crippen LogP contribution in [0.15, 0.2) is 49.2 Å². The van der Waals surface area contributed by atoms with Crippen LogP contribution in [0.1, 0.15) is 51.5 Å². The summed E-state index contributed by atoms with van der Waals surface area (Å²) in [6.45, 7) is 3.43. The number of aromatic nitrogens is 5. The quantitative estimate of drug-likeness (QED) is 0.306. The largest absolute Gasteiger partial charge is 0.489 e. The summed E-state index contributed by atoms with van der Waals surface area (Å²) >= 11 is 0. The Labute approximate surface area is 254 Å². The van der Waals surface area contributed by atoms with Crippen molar-refractivity contribution in [3.05, 3.63) is 54.7 Å². The third kappa shape index (κ3) is 4.97. The van der Waals surface area contributed by atoms with Crippen molar-refractivity contribution >= 4 is 22.9 Å². The second-order valence-corrected chi connectivity index (χ2v) is 12.9. The molecule has 2 unspecified atom stereocenters. The van der Waals surface area contributed by atoms with Gasteiger partial charge in [-0.1, -0.05) is 0 Å². The SMILES string of the molecule is COc1ccc(NC(=O)C23CC4CC(C2)N(c2cnc(-c5cc(OCC(C)(C)O)cn6ncc(C#N)c56)cn2)C(C4)C3)cn1. The molecule has 2 N–H and O–H groups in total. The molecule has 0 spiro atoms. The van der Waals surface area contributed by atoms with Gasteiger partial charge in [0.2, 0.25) is 11.8 Å². The van der Waals surface area contributed by atoms with Crippen LogP contribution in [-0.4, -0.2) is 67.0 Å². The van der Waals surface area contributed by atoms with Crippen LogP contribution in [0.3, 0.4) is 0 Å². The highest BCUT2D eigenvalue weighted by Crippen LogP contribution is 2.57. The fourth-order valence-electron chi connectivity index (χ4n) is 7.42. The maximum atomic E-state index is 13.7. The van der Waals surface area contributed by atoms with E-state index >= 15 is 0 Å². The van der Waals surface area contributed by atoms with Gasteiger partial charge in [-0.3, -0.25) is 9.78 Å². The molecule has 2 aliphatic carbocycles. The molecule has 12 heteroatoms. The molecule has 2 aliphatic heterocycles. The van der Waals surface area contributed by atoms with Crippen molar-refractivity contribution in [1.29, 1.82) is 5.26 Å². The van der Waals surface area contributed by atoms with Crippen LogP contribution >= 0.6 is 0 Å². The summed E-state index contributed by atoms with van der Waals surface area (Å²) in [6.07, 6.45) is 12.8. The van der Waals surface area contributed by atoms with Gasteiger partial charge in [-0.2, -0.15) is 10.4 Å². The van der Waals surface area contributed by atoms with Crippen LogP contribution < -0.4 is 19.7 Å². The number of ether oxygens (including phenoxy) is 2. The Kier molecular flexibility index (Phi) is 6.66. The molecule has 44 heavy (non-hydrogen) atoms. The molecule has 0 radical (unpaired) electrons. The lowest BCUT2D eigenvalue weighted by molar-refractivity contribution is -0.134. The fraction of sp³-hybridized carbons (Fsp3) is 0.438. The van der Waals surface area contributed by atoms with Gasteiger partial charge < -0.3 is 24.8 Å². The Hall–Kier alpha value is -4.76. The van der Waals surface area contributed by atoms with Gasteiger partial charge in [0.15, 0.2) is 0 Å². The van der Waals surface area contributed by atoms with E-state index in [-0.39, 0.29) is 24.6 Å². The second-order valence-electron chi connectivity index (χ2n) is 12.9. The van der Waals surface area contributed by atoms with Gasteiger partial charge in [-0.05, 0) is 64.0 Å². The molecule has 226 valence electrons. The number of nitrogens with one attached hydrogen (secondary N) is 1. The standard InChI is InChI=1S/C32H34N8O4/c1-31(2,42)18-44-24-8-25(29-20(12-33)13-37-39(29)17-24)26-15-35-27(16-34-26)40-22-6-19-7-23(40)11-32(9-19,10-22)30(41)38-21-4-5-28(43-3)36-14-21/h4-5,8,13-17,19,22-23,42H,6-7,9-11,18H2,1-3H3,(H,38,41). The Morgan fingerprint density at radius 2 is 1.93 bits per heavy atom. The number of amides is 1. The molecular weight excluding hydrogens is 560 g/mol. The maximum absolute atomic E-state index is 13.7. The van der Waals surface area contributed by atoms with E-state index in [0.29, 0.717) is 45.6 Å². The summed E-state index contributed by atoms with van der Waals surface area (Å²) in [5, 5.41) is 27.3. The van der Waals surface area contributed by atoms with Gasteiger partial charge in [0.25, 0.3) is 0 Å². The van der Waals surface area contributed by atoms with Gasteiger partial charge in [-0.15, -0.1) is 0 Å². The molecule has 1 amide bonds. The fourth-order valence-corrected chi connectivity index (χ4v) is 7.42. The average Bonchev–Trinajstić information content (AvgIpc) is 3.43. The highest BCUT2D eigenvalue weighted by molar-refractivity contribution is 5.96. The summed E-state index contributed by atoms with van der Waals surface area (Å²) in [7, 11) is 1.57. The van der Waals surface area contributed by atoms with Crippen molar-refractivity contribution in [3.63, 3.8) is 0 Å². The van der Waals surface area contributed by atoms with Crippen molar-refractivity contribution in [2.24, 2.45) is 11.3 Å². The number of nitrogens with zero attached hydrogens (tertiary/aromatic N) is 7. The molecule has 2 saturated carbocycles. The highest BCUT2D eigenvalue weighted by Gasteiger charge is 2.58. The van der Waals surface area contributed by atoms with Crippen LogP contribution in [0.5, 0.6) is 11.6 Å². The van der Waals surface area contributed by atoms with E-state index in [1.807, 2.05) is 6.07 Å². The van der Waals surface area contributed by atoms with E-state index in [1.54, 1.807) is 62.4 Å². The van der Waals surface area contributed by atoms with Gasteiger partial charge in [0.1, 0.15) is 24.2 Å². The predicted octanol–water partition coefficient (Wildman–Crippen LogP) is 3.99. The zero-order valence-corrected chi connectivity index (χ0v) is 24.9. The summed E-state index contributed by atoms with van der Waals surface area (Å²) < 4.78 is 12.6. The predicted molar refractivity (Wildman–Crippen MR) is 161 cm³/mol. The minimum atomic E-state index is -1.02. The number of hydrogen-bond acceptors (Lipinski definition) is 10. The van der Waals surface area contributed by atoms with E-state index in [2.05, 4.69) is 26.4 Å². The lowest BCUT2D eigenvalue weighted by Crippen LogP contribution is -2.64. The first-order valence-electron chi connectivity index (χ1n) is 14.8. The van der Waals surface area contributed by atoms with Crippen LogP contribution in [0, 0.1) is 22.7 Å². The molecule has 4 fully saturated rings. The number of rotatable bonds is 8. The monoisotopic (exact) mass is 594 g/mol. The number of aliphatic hydroxyl groups is 1. The van der Waals surface area contributed by atoms with E-state index in [4.69, 9.17) is 19.4 Å². The Morgan fingerprint density at radius 3 is 2.57 bits per heavy atom. The lowest BCUT2D eigenvalue weighted by atomic mass is 9.55. The zero-order valence-electron chi connectivity index (χ0n) is 24.9. The molecule has 6 heterocycles. The normalized spacial score (nSPS) is 23.9. The number of nitriles is 1. The molecule has 2 saturated heterocycles. The molecule has 12 nitrogen and oxygen atoms in total. The number of carbonyl (C=O) groups is 1. The van der Waals surface area contributed by atoms with Crippen molar-refractivity contribution in [3.8, 4) is 29.0 Å². The van der Waals surface area contributed by atoms with Gasteiger partial charge in [0.05, 0.1) is 71.6 Å². The third-order valence-electron chi connectivity index (χ3n) is 9.09. The Balaban J connectivity index is 1.14. The van der Waals surface area contributed by atoms with E-state index in [9.17, 15) is 15.2 Å². The zero-order chi connectivity index (χ0) is 30.6. The van der Waals surface area contributed by atoms with Gasteiger partial charge in [0, 0.05) is 23.7 Å². The smallest absolute Gasteiger partial charge is 0.230 e. The summed E-state index contributed by atoms with van der Waals surface area (Å²) in [5.74, 6) is 2.35. The molecular formula is C32H34N8O4. The molecule has 0 aromatic carbocycles. The van der Waals surface area contributed by atoms with Crippen molar-refractivity contribution in [1.82, 2.24) is 24.6 Å². The molecule has 4 aliphatic rings. The van der Waals surface area contributed by atoms with E-state index in [1.165, 1.54) is 6.20 Å². The first-order chi connectivity index (χ1) is 21.1. The van der Waals surface area contributed by atoms with Crippen LogP contribution in [0.25, 0.3) is 16.8 Å². The number of anilines is 2. The summed E-state index contributed by atoms with van der Waals surface area (Å²) in [5.41, 5.74) is 1.52. The summed E-state index contributed by atoms with van der Waals surface area (Å²) in [6, 6.07) is 7.98. The van der Waals surface area contributed by atoms with Gasteiger partial charge in [-0.25, -0.2) is 14.5 Å². The lowest BCUT2D eigenvalue weighted by Gasteiger charge is -2.61. The Morgan fingerprint density at radius 1 is 1.14 bits per heavy atom. The summed E-state index contributed by atoms with van der Waals surface area (Å²) in [4.78, 5) is 29.9. The van der Waals surface area contributed by atoms with Crippen molar-refractivity contribution < 1.29 is 19.4 Å². The number of piperidine rings is 2. The first kappa shape index (κ1) is 28.0. The Bertz CT molecular complexity index is 1740. The molecule has 4 aromatic rings. The minimum Gasteiger partial charge on any atom is -0.489 e. The number of methoxy groups -OCH3 is 1. The van der Waals surface area contributed by atoms with Crippen LogP contribution in [-0.2, 0) is 4.79 Å². The van der Waals surface area contributed by atoms with Crippen LogP contribution in [0.4, 0.5) is 11.5 Å². The van der Waals surface area contributed by atoms with Crippen molar-refractivity contribution in [2.45, 2.75) is 63.6 Å². The highest BCUT2D eigenvalue weighted by atomic mass is 16.5. The number of hydrogen-bond donors (Lipinski definition) is 2. The van der Waals surface area contributed by atoms with Crippen LogP contribution in [0.2, 0.25) is 0 Å². The molecule has 8 rings (SSSR count). The van der Waals surface area contributed by atoms with E-state index < -0.39 is 11.0 Å². The minimum absolute atomic E-state index is 0.0646. The molecule has 4 bridgehead atoms. The number of pyridine rings is 2.